The SMILES string of the molecule is CCc1cc(-c2nnc(S)n2-c2ccc(OC)c(N(C)C(C)=O)c2)c(O)cc1O. The van der Waals surface area contributed by atoms with E-state index in [1.807, 2.05) is 6.92 Å². The minimum absolute atomic E-state index is 0.0146. The number of amides is 1. The van der Waals surface area contributed by atoms with Crippen molar-refractivity contribution in [3.8, 4) is 34.3 Å². The second-order valence-electron chi connectivity index (χ2n) is 6.44. The number of thiol groups is 1. The fourth-order valence-electron chi connectivity index (χ4n) is 3.02. The first-order valence-corrected chi connectivity index (χ1v) is 9.35. The van der Waals surface area contributed by atoms with Crippen molar-refractivity contribution in [2.24, 2.45) is 0 Å². The van der Waals surface area contributed by atoms with Crippen LogP contribution in [0.2, 0.25) is 0 Å². The molecule has 0 aliphatic carbocycles. The molecule has 1 heterocycles. The van der Waals surface area contributed by atoms with Gasteiger partial charge in [0, 0.05) is 20.0 Å². The number of carbonyl (C=O) groups excluding carboxylic acids is 1. The van der Waals surface area contributed by atoms with E-state index in [4.69, 9.17) is 4.74 Å². The highest BCUT2D eigenvalue weighted by Gasteiger charge is 2.20. The summed E-state index contributed by atoms with van der Waals surface area (Å²) >= 11 is 4.41. The summed E-state index contributed by atoms with van der Waals surface area (Å²) in [4.78, 5) is 13.3. The van der Waals surface area contributed by atoms with Crippen molar-refractivity contribution in [2.45, 2.75) is 25.4 Å². The molecule has 2 aromatic carbocycles. The van der Waals surface area contributed by atoms with Crippen LogP contribution in [0.1, 0.15) is 19.4 Å². The maximum atomic E-state index is 11.9. The second-order valence-corrected chi connectivity index (χ2v) is 6.84. The number of aryl methyl sites for hydroxylation is 1. The highest BCUT2D eigenvalue weighted by molar-refractivity contribution is 7.80. The number of anilines is 1. The average molecular weight is 414 g/mol. The lowest BCUT2D eigenvalue weighted by Gasteiger charge is -2.20. The highest BCUT2D eigenvalue weighted by Crippen LogP contribution is 2.37. The van der Waals surface area contributed by atoms with Crippen molar-refractivity contribution in [3.63, 3.8) is 0 Å². The fourth-order valence-corrected chi connectivity index (χ4v) is 3.28. The highest BCUT2D eigenvalue weighted by atomic mass is 32.1. The smallest absolute Gasteiger partial charge is 0.223 e. The number of hydrogen-bond donors (Lipinski definition) is 3. The number of phenolic OH excluding ortho intramolecular Hbond substituents is 2. The van der Waals surface area contributed by atoms with Crippen LogP contribution < -0.4 is 9.64 Å². The minimum atomic E-state index is -0.153. The van der Waals surface area contributed by atoms with Crippen molar-refractivity contribution in [1.29, 1.82) is 0 Å². The van der Waals surface area contributed by atoms with Gasteiger partial charge in [-0.05, 0) is 36.2 Å². The van der Waals surface area contributed by atoms with E-state index < -0.39 is 0 Å². The van der Waals surface area contributed by atoms with Crippen LogP contribution in [0.3, 0.4) is 0 Å². The fraction of sp³-hybridized carbons (Fsp3) is 0.250. The molecule has 8 nitrogen and oxygen atoms in total. The Morgan fingerprint density at radius 2 is 1.93 bits per heavy atom. The lowest BCUT2D eigenvalue weighted by Crippen LogP contribution is -2.23. The number of rotatable bonds is 5. The van der Waals surface area contributed by atoms with Gasteiger partial charge in [0.2, 0.25) is 5.91 Å². The Labute approximate surface area is 173 Å². The molecule has 9 heteroatoms. The zero-order valence-corrected chi connectivity index (χ0v) is 17.4. The van der Waals surface area contributed by atoms with Gasteiger partial charge in [-0.1, -0.05) is 6.92 Å². The Morgan fingerprint density at radius 3 is 2.55 bits per heavy atom. The summed E-state index contributed by atoms with van der Waals surface area (Å²) < 4.78 is 7.02. The summed E-state index contributed by atoms with van der Waals surface area (Å²) in [5.41, 5.74) is 2.27. The van der Waals surface area contributed by atoms with Gasteiger partial charge in [-0.25, -0.2) is 0 Å². The summed E-state index contributed by atoms with van der Waals surface area (Å²) in [5.74, 6) is 0.614. The summed E-state index contributed by atoms with van der Waals surface area (Å²) in [6, 6.07) is 8.22. The van der Waals surface area contributed by atoms with Gasteiger partial charge in [0.1, 0.15) is 17.2 Å². The van der Waals surface area contributed by atoms with Gasteiger partial charge in [0.25, 0.3) is 0 Å². The molecule has 0 bridgehead atoms. The number of phenols is 2. The number of carbonyl (C=O) groups is 1. The molecule has 3 aromatic rings. The van der Waals surface area contributed by atoms with E-state index in [9.17, 15) is 15.0 Å². The average Bonchev–Trinajstić information content (AvgIpc) is 3.08. The first kappa shape index (κ1) is 20.5. The summed E-state index contributed by atoms with van der Waals surface area (Å²) in [5, 5.41) is 28.9. The van der Waals surface area contributed by atoms with Crippen molar-refractivity contribution < 1.29 is 19.7 Å². The quantitative estimate of drug-likeness (QED) is 0.555. The van der Waals surface area contributed by atoms with Gasteiger partial charge in [-0.3, -0.25) is 9.36 Å². The van der Waals surface area contributed by atoms with E-state index in [0.29, 0.717) is 45.7 Å². The molecular weight excluding hydrogens is 392 g/mol. The number of aromatic hydroxyl groups is 2. The van der Waals surface area contributed by atoms with Crippen LogP contribution in [0.15, 0.2) is 35.5 Å². The molecule has 0 fully saturated rings. The maximum absolute atomic E-state index is 11.9. The molecule has 0 aliphatic heterocycles. The van der Waals surface area contributed by atoms with E-state index in [1.54, 1.807) is 35.9 Å². The van der Waals surface area contributed by atoms with Crippen LogP contribution in [0.4, 0.5) is 5.69 Å². The van der Waals surface area contributed by atoms with Gasteiger partial charge in [0.15, 0.2) is 11.0 Å². The molecule has 1 amide bonds. The largest absolute Gasteiger partial charge is 0.508 e. The van der Waals surface area contributed by atoms with E-state index in [0.717, 1.165) is 0 Å². The van der Waals surface area contributed by atoms with Crippen molar-refractivity contribution in [1.82, 2.24) is 14.8 Å². The molecule has 3 rings (SSSR count). The maximum Gasteiger partial charge on any atom is 0.223 e. The molecular formula is C20H22N4O4S. The number of methoxy groups -OCH3 is 1. The van der Waals surface area contributed by atoms with Gasteiger partial charge in [-0.2, -0.15) is 0 Å². The van der Waals surface area contributed by atoms with Gasteiger partial charge >= 0.3 is 0 Å². The Bertz CT molecular complexity index is 1080. The molecule has 0 atom stereocenters. The molecule has 0 spiro atoms. The number of nitrogens with zero attached hydrogens (tertiary/aromatic N) is 4. The number of hydrogen-bond acceptors (Lipinski definition) is 7. The van der Waals surface area contributed by atoms with Crippen molar-refractivity contribution >= 4 is 24.2 Å². The third kappa shape index (κ3) is 3.73. The first-order valence-electron chi connectivity index (χ1n) is 8.90. The molecule has 0 radical (unpaired) electrons. The second kappa shape index (κ2) is 8.04. The van der Waals surface area contributed by atoms with Crippen LogP contribution in [-0.2, 0) is 11.2 Å². The van der Waals surface area contributed by atoms with Crippen molar-refractivity contribution in [3.05, 3.63) is 35.9 Å². The van der Waals surface area contributed by atoms with Crippen LogP contribution in [-0.4, -0.2) is 45.0 Å². The van der Waals surface area contributed by atoms with E-state index in [1.165, 1.54) is 25.0 Å². The van der Waals surface area contributed by atoms with Crippen LogP contribution >= 0.6 is 12.6 Å². The van der Waals surface area contributed by atoms with Crippen LogP contribution in [0.25, 0.3) is 17.1 Å². The zero-order chi connectivity index (χ0) is 21.3. The Morgan fingerprint density at radius 1 is 1.21 bits per heavy atom. The summed E-state index contributed by atoms with van der Waals surface area (Å²) in [7, 11) is 3.18. The van der Waals surface area contributed by atoms with E-state index in [2.05, 4.69) is 22.8 Å². The Kier molecular flexibility index (Phi) is 5.69. The minimum Gasteiger partial charge on any atom is -0.508 e. The predicted molar refractivity (Wildman–Crippen MR) is 112 cm³/mol. The van der Waals surface area contributed by atoms with E-state index >= 15 is 0 Å². The third-order valence-corrected chi connectivity index (χ3v) is 5.01. The Balaban J connectivity index is 2.22. The third-order valence-electron chi connectivity index (χ3n) is 4.72. The number of aromatic nitrogens is 3. The molecule has 29 heavy (non-hydrogen) atoms. The van der Waals surface area contributed by atoms with Gasteiger partial charge in [0.05, 0.1) is 24.0 Å². The number of benzene rings is 2. The first-order chi connectivity index (χ1) is 13.8. The topological polar surface area (TPSA) is 101 Å². The van der Waals surface area contributed by atoms with Gasteiger partial charge < -0.3 is 19.8 Å². The normalized spacial score (nSPS) is 10.8. The molecule has 0 saturated carbocycles. The van der Waals surface area contributed by atoms with Crippen LogP contribution in [0.5, 0.6) is 17.2 Å². The van der Waals surface area contributed by atoms with E-state index in [-0.39, 0.29) is 17.4 Å². The lowest BCUT2D eigenvalue weighted by molar-refractivity contribution is -0.116. The monoisotopic (exact) mass is 414 g/mol. The van der Waals surface area contributed by atoms with Gasteiger partial charge in [-0.15, -0.1) is 22.8 Å². The van der Waals surface area contributed by atoms with Crippen LogP contribution in [0, 0.1) is 0 Å². The van der Waals surface area contributed by atoms with Crippen molar-refractivity contribution in [2.75, 3.05) is 19.1 Å². The molecule has 1 aromatic heterocycles. The molecule has 152 valence electrons. The molecule has 0 unspecified atom stereocenters. The standard InChI is InChI=1S/C20H22N4O4S/c1-5-12-8-14(17(27)10-16(12)26)19-21-22-20(29)24(19)13-6-7-18(28-4)15(9-13)23(3)11(2)25/h6-10,26-27H,5H2,1-4H3,(H,22,29). The Hall–Kier alpha value is -3.20. The molecule has 2 N–H and O–H groups in total. The molecule has 0 saturated heterocycles. The summed E-state index contributed by atoms with van der Waals surface area (Å²) in [6.45, 7) is 3.36. The molecule has 0 aliphatic rings. The lowest BCUT2D eigenvalue weighted by atomic mass is 10.1. The summed E-state index contributed by atoms with van der Waals surface area (Å²) in [6.07, 6.45) is 0.580. The predicted octanol–water partition coefficient (Wildman–Crippen LogP) is 3.19. The number of ether oxygens (including phenoxy) is 1. The zero-order valence-electron chi connectivity index (χ0n) is 16.5.